The topological polar surface area (TPSA) is 46.0 Å². The zero-order valence-electron chi connectivity index (χ0n) is 9.83. The zero-order chi connectivity index (χ0) is 11.3. The van der Waals surface area contributed by atoms with E-state index in [9.17, 15) is 5.11 Å². The van der Waals surface area contributed by atoms with Crippen molar-refractivity contribution < 1.29 is 5.11 Å². The SMILES string of the molecule is CC(C)(C)c1nc(O)cc(C2(C)CC2)n1. The number of rotatable bonds is 1. The Hall–Kier alpha value is -1.12. The lowest BCUT2D eigenvalue weighted by atomic mass is 9.95. The lowest BCUT2D eigenvalue weighted by Gasteiger charge is -2.18. The van der Waals surface area contributed by atoms with Crippen LogP contribution in [-0.2, 0) is 10.8 Å². The molecule has 1 N–H and O–H groups in total. The van der Waals surface area contributed by atoms with Gasteiger partial charge in [-0.15, -0.1) is 0 Å². The van der Waals surface area contributed by atoms with Crippen LogP contribution in [0.5, 0.6) is 5.88 Å². The van der Waals surface area contributed by atoms with E-state index in [1.165, 1.54) is 0 Å². The van der Waals surface area contributed by atoms with Crippen LogP contribution in [0.3, 0.4) is 0 Å². The highest BCUT2D eigenvalue weighted by Crippen LogP contribution is 2.47. The van der Waals surface area contributed by atoms with E-state index in [4.69, 9.17) is 0 Å². The number of hydrogen-bond donors (Lipinski definition) is 1. The summed E-state index contributed by atoms with van der Waals surface area (Å²) in [6.07, 6.45) is 2.32. The molecule has 1 aromatic heterocycles. The largest absolute Gasteiger partial charge is 0.493 e. The molecule has 0 radical (unpaired) electrons. The van der Waals surface area contributed by atoms with Gasteiger partial charge < -0.3 is 5.11 Å². The summed E-state index contributed by atoms with van der Waals surface area (Å²) in [5.41, 5.74) is 1.05. The van der Waals surface area contributed by atoms with Gasteiger partial charge in [-0.05, 0) is 12.8 Å². The first-order valence-electron chi connectivity index (χ1n) is 5.40. The lowest BCUT2D eigenvalue weighted by Crippen LogP contribution is -2.18. The maximum atomic E-state index is 9.60. The fourth-order valence-corrected chi connectivity index (χ4v) is 1.52. The lowest BCUT2D eigenvalue weighted by molar-refractivity contribution is 0.431. The molecule has 1 aliphatic carbocycles. The average Bonchev–Trinajstić information content (AvgIpc) is 2.82. The highest BCUT2D eigenvalue weighted by molar-refractivity contribution is 5.28. The third-order valence-corrected chi connectivity index (χ3v) is 3.00. The highest BCUT2D eigenvalue weighted by Gasteiger charge is 2.41. The molecular weight excluding hydrogens is 188 g/mol. The van der Waals surface area contributed by atoms with Crippen LogP contribution in [0.25, 0.3) is 0 Å². The van der Waals surface area contributed by atoms with E-state index in [1.54, 1.807) is 6.07 Å². The van der Waals surface area contributed by atoms with Gasteiger partial charge >= 0.3 is 0 Å². The molecule has 1 aliphatic rings. The van der Waals surface area contributed by atoms with Gasteiger partial charge in [-0.25, -0.2) is 4.98 Å². The molecule has 0 saturated heterocycles. The van der Waals surface area contributed by atoms with Gasteiger partial charge in [0.2, 0.25) is 5.88 Å². The normalized spacial score (nSPS) is 18.9. The van der Waals surface area contributed by atoms with Crippen molar-refractivity contribution in [3.63, 3.8) is 0 Å². The van der Waals surface area contributed by atoms with Crippen molar-refractivity contribution in [1.29, 1.82) is 0 Å². The highest BCUT2D eigenvalue weighted by atomic mass is 16.3. The quantitative estimate of drug-likeness (QED) is 0.768. The van der Waals surface area contributed by atoms with Crippen LogP contribution in [0, 0.1) is 0 Å². The number of hydrogen-bond acceptors (Lipinski definition) is 3. The van der Waals surface area contributed by atoms with E-state index in [0.29, 0.717) is 0 Å². The van der Waals surface area contributed by atoms with Crippen LogP contribution in [0.1, 0.15) is 52.1 Å². The van der Waals surface area contributed by atoms with Gasteiger partial charge in [0.25, 0.3) is 0 Å². The minimum absolute atomic E-state index is 0.0954. The minimum Gasteiger partial charge on any atom is -0.493 e. The average molecular weight is 206 g/mol. The molecule has 82 valence electrons. The predicted molar refractivity (Wildman–Crippen MR) is 59.0 cm³/mol. The Bertz CT molecular complexity index is 366. The minimum atomic E-state index is -0.112. The molecule has 0 atom stereocenters. The summed E-state index contributed by atoms with van der Waals surface area (Å²) in [6.45, 7) is 8.35. The summed E-state index contributed by atoms with van der Waals surface area (Å²) in [5.74, 6) is 0.823. The van der Waals surface area contributed by atoms with Crippen LogP contribution in [0.2, 0.25) is 0 Å². The number of aromatic hydroxyl groups is 1. The third-order valence-electron chi connectivity index (χ3n) is 3.00. The molecule has 3 nitrogen and oxygen atoms in total. The van der Waals surface area contributed by atoms with Crippen LogP contribution >= 0.6 is 0 Å². The van der Waals surface area contributed by atoms with E-state index in [2.05, 4.69) is 37.7 Å². The molecule has 0 spiro atoms. The standard InChI is InChI=1S/C12H18N2O/c1-11(2,3)10-13-8(7-9(15)14-10)12(4)5-6-12/h7H,5-6H2,1-4H3,(H,13,14,15). The Morgan fingerprint density at radius 3 is 2.33 bits per heavy atom. The van der Waals surface area contributed by atoms with Gasteiger partial charge in [0.15, 0.2) is 0 Å². The Morgan fingerprint density at radius 1 is 1.27 bits per heavy atom. The fraction of sp³-hybridized carbons (Fsp3) is 0.667. The molecule has 0 aliphatic heterocycles. The number of aromatic nitrogens is 2. The predicted octanol–water partition coefficient (Wildman–Crippen LogP) is 2.53. The molecule has 1 saturated carbocycles. The maximum absolute atomic E-state index is 9.60. The molecule has 0 bridgehead atoms. The van der Waals surface area contributed by atoms with E-state index in [0.717, 1.165) is 24.4 Å². The second kappa shape index (κ2) is 2.94. The van der Waals surface area contributed by atoms with Crippen molar-refractivity contribution in [3.05, 3.63) is 17.6 Å². The summed E-state index contributed by atoms with van der Waals surface area (Å²) in [5, 5.41) is 9.60. The van der Waals surface area contributed by atoms with Crippen molar-refractivity contribution in [2.24, 2.45) is 0 Å². The maximum Gasteiger partial charge on any atom is 0.214 e. The van der Waals surface area contributed by atoms with Gasteiger partial charge in [0, 0.05) is 16.9 Å². The molecule has 0 aromatic carbocycles. The summed E-state index contributed by atoms with van der Waals surface area (Å²) in [7, 11) is 0. The molecule has 1 aromatic rings. The van der Waals surface area contributed by atoms with Crippen molar-refractivity contribution in [2.45, 2.75) is 51.4 Å². The molecule has 0 amide bonds. The first kappa shape index (κ1) is 10.4. The van der Waals surface area contributed by atoms with Crippen molar-refractivity contribution in [2.75, 3.05) is 0 Å². The van der Waals surface area contributed by atoms with Crippen LogP contribution < -0.4 is 0 Å². The van der Waals surface area contributed by atoms with E-state index < -0.39 is 0 Å². The van der Waals surface area contributed by atoms with E-state index in [-0.39, 0.29) is 16.7 Å². The zero-order valence-corrected chi connectivity index (χ0v) is 9.83. The van der Waals surface area contributed by atoms with Crippen LogP contribution in [0.15, 0.2) is 6.07 Å². The molecule has 0 unspecified atom stereocenters. The van der Waals surface area contributed by atoms with Gasteiger partial charge in [0.1, 0.15) is 5.82 Å². The summed E-state index contributed by atoms with van der Waals surface area (Å²) in [4.78, 5) is 8.66. The molecule has 1 heterocycles. The van der Waals surface area contributed by atoms with E-state index >= 15 is 0 Å². The van der Waals surface area contributed by atoms with Crippen LogP contribution in [0.4, 0.5) is 0 Å². The Balaban J connectivity index is 2.46. The summed E-state index contributed by atoms with van der Waals surface area (Å²) < 4.78 is 0. The smallest absolute Gasteiger partial charge is 0.214 e. The monoisotopic (exact) mass is 206 g/mol. The Morgan fingerprint density at radius 2 is 1.87 bits per heavy atom. The summed E-state index contributed by atoms with van der Waals surface area (Å²) >= 11 is 0. The molecular formula is C12H18N2O. The Labute approximate surface area is 90.6 Å². The van der Waals surface area contributed by atoms with Gasteiger partial charge in [0.05, 0.1) is 5.69 Å². The first-order chi connectivity index (χ1) is 6.81. The van der Waals surface area contributed by atoms with Gasteiger partial charge in [-0.3, -0.25) is 0 Å². The number of nitrogens with zero attached hydrogens (tertiary/aromatic N) is 2. The van der Waals surface area contributed by atoms with Crippen molar-refractivity contribution >= 4 is 0 Å². The molecule has 3 heteroatoms. The van der Waals surface area contributed by atoms with E-state index in [1.807, 2.05) is 0 Å². The molecule has 1 fully saturated rings. The first-order valence-corrected chi connectivity index (χ1v) is 5.40. The molecule has 15 heavy (non-hydrogen) atoms. The second-order valence-corrected chi connectivity index (χ2v) is 5.75. The second-order valence-electron chi connectivity index (χ2n) is 5.75. The Kier molecular flexibility index (Phi) is 2.04. The summed E-state index contributed by atoms with van der Waals surface area (Å²) in [6, 6.07) is 1.70. The van der Waals surface area contributed by atoms with Crippen molar-refractivity contribution in [1.82, 2.24) is 9.97 Å². The van der Waals surface area contributed by atoms with Crippen LogP contribution in [-0.4, -0.2) is 15.1 Å². The third kappa shape index (κ3) is 1.96. The van der Waals surface area contributed by atoms with Crippen molar-refractivity contribution in [3.8, 4) is 5.88 Å². The van der Waals surface area contributed by atoms with Gasteiger partial charge in [-0.2, -0.15) is 4.98 Å². The van der Waals surface area contributed by atoms with Gasteiger partial charge in [-0.1, -0.05) is 27.7 Å². The fourth-order valence-electron chi connectivity index (χ4n) is 1.52. The molecule has 2 rings (SSSR count).